The van der Waals surface area contributed by atoms with Gasteiger partial charge in [-0.3, -0.25) is 0 Å². The van der Waals surface area contributed by atoms with E-state index < -0.39 is 8.24 Å². The highest BCUT2D eigenvalue weighted by molar-refractivity contribution is 6.81. The Morgan fingerprint density at radius 3 is 2.73 bits per heavy atom. The Kier molecular flexibility index (Phi) is 4.31. The smallest absolute Gasteiger partial charge is 0.151 e. The lowest BCUT2D eigenvalue weighted by Crippen LogP contribution is -2.38. The van der Waals surface area contributed by atoms with Gasteiger partial charge in [-0.25, -0.2) is 0 Å². The van der Waals surface area contributed by atoms with E-state index in [1.54, 1.807) is 5.57 Å². The van der Waals surface area contributed by atoms with E-state index in [2.05, 4.69) is 74.4 Å². The number of rotatable bonds is 4. The van der Waals surface area contributed by atoms with Crippen molar-refractivity contribution in [3.63, 3.8) is 0 Å². The van der Waals surface area contributed by atoms with Crippen molar-refractivity contribution in [2.75, 3.05) is 4.98 Å². The Bertz CT molecular complexity index is 599. The maximum absolute atomic E-state index is 3.90. The lowest BCUT2D eigenvalue weighted by atomic mass is 9.86. The van der Waals surface area contributed by atoms with Crippen LogP contribution in [0.3, 0.4) is 0 Å². The summed E-state index contributed by atoms with van der Waals surface area (Å²) in [4.78, 5) is 3.90. The van der Waals surface area contributed by atoms with E-state index in [1.807, 2.05) is 0 Å². The van der Waals surface area contributed by atoms with E-state index >= 15 is 0 Å². The van der Waals surface area contributed by atoms with Crippen molar-refractivity contribution in [1.82, 2.24) is 0 Å². The van der Waals surface area contributed by atoms with Gasteiger partial charge >= 0.3 is 0 Å². The number of para-hydroxylation sites is 1. The summed E-state index contributed by atoms with van der Waals surface area (Å²) >= 11 is 0. The number of fused-ring (bicyclic) bond motifs is 1. The molecule has 0 bridgehead atoms. The molecule has 0 heterocycles. The van der Waals surface area contributed by atoms with Crippen LogP contribution in [0.4, 0.5) is 5.69 Å². The van der Waals surface area contributed by atoms with Crippen LogP contribution in [0.1, 0.15) is 25.3 Å². The van der Waals surface area contributed by atoms with Gasteiger partial charge in [0.2, 0.25) is 0 Å². The normalized spacial score (nSPS) is 27.5. The SMILES string of the molecule is Cc1ccccc1N[Si](C)(C)CC1=CC=CC2C[C@H](C)CC12. The summed E-state index contributed by atoms with van der Waals surface area (Å²) < 4.78 is 0. The number of nitrogens with one attached hydrogen (secondary N) is 1. The molecule has 2 aliphatic rings. The van der Waals surface area contributed by atoms with E-state index in [0.717, 1.165) is 17.8 Å². The van der Waals surface area contributed by atoms with Crippen LogP contribution in [-0.2, 0) is 0 Å². The van der Waals surface area contributed by atoms with Crippen LogP contribution >= 0.6 is 0 Å². The Morgan fingerprint density at radius 2 is 1.95 bits per heavy atom. The molecule has 1 aromatic carbocycles. The molecule has 1 nitrogen and oxygen atoms in total. The van der Waals surface area contributed by atoms with Gasteiger partial charge in [-0.15, -0.1) is 0 Å². The molecule has 1 N–H and O–H groups in total. The third-order valence-corrected chi connectivity index (χ3v) is 7.49. The van der Waals surface area contributed by atoms with Gasteiger partial charge in [-0.1, -0.05) is 62.0 Å². The van der Waals surface area contributed by atoms with E-state index in [0.29, 0.717) is 0 Å². The topological polar surface area (TPSA) is 12.0 Å². The van der Waals surface area contributed by atoms with Crippen LogP contribution in [0.15, 0.2) is 48.1 Å². The standard InChI is InChI=1S/C20H29NSi/c1-15-12-17-9-7-10-18(19(17)13-15)14-22(3,4)21-20-11-6-5-8-16(20)2/h5-11,15,17,19,21H,12-14H2,1-4H3/t15-,17?,19?/m0/s1. The minimum Gasteiger partial charge on any atom is -0.410 e. The summed E-state index contributed by atoms with van der Waals surface area (Å²) in [5, 5.41) is 0. The predicted molar refractivity (Wildman–Crippen MR) is 99.7 cm³/mol. The predicted octanol–water partition coefficient (Wildman–Crippen LogP) is 5.77. The molecule has 0 radical (unpaired) electrons. The summed E-state index contributed by atoms with van der Waals surface area (Å²) in [5.74, 6) is 2.50. The Balaban J connectivity index is 1.73. The largest absolute Gasteiger partial charge is 0.410 e. The quantitative estimate of drug-likeness (QED) is 0.696. The van der Waals surface area contributed by atoms with Gasteiger partial charge < -0.3 is 4.98 Å². The molecule has 2 heteroatoms. The molecule has 3 atom stereocenters. The number of anilines is 1. The highest BCUT2D eigenvalue weighted by atomic mass is 28.3. The van der Waals surface area contributed by atoms with Crippen LogP contribution in [0.25, 0.3) is 0 Å². The zero-order valence-corrected chi connectivity index (χ0v) is 15.4. The van der Waals surface area contributed by atoms with Crippen LogP contribution in [0.5, 0.6) is 0 Å². The van der Waals surface area contributed by atoms with Gasteiger partial charge in [0.05, 0.1) is 0 Å². The molecule has 3 rings (SSSR count). The second-order valence-corrected chi connectivity index (χ2v) is 12.3. The molecular weight excluding hydrogens is 282 g/mol. The molecule has 0 amide bonds. The maximum atomic E-state index is 3.90. The first-order chi connectivity index (χ1) is 10.4. The molecule has 1 saturated carbocycles. The molecule has 1 fully saturated rings. The number of allylic oxidation sites excluding steroid dienone is 4. The van der Waals surface area contributed by atoms with Crippen molar-refractivity contribution in [3.8, 4) is 0 Å². The van der Waals surface area contributed by atoms with Crippen molar-refractivity contribution in [3.05, 3.63) is 53.6 Å². The fraction of sp³-hybridized carbons (Fsp3) is 0.500. The van der Waals surface area contributed by atoms with Crippen molar-refractivity contribution >= 4 is 13.9 Å². The van der Waals surface area contributed by atoms with E-state index in [1.165, 1.54) is 30.1 Å². The lowest BCUT2D eigenvalue weighted by molar-refractivity contribution is 0.520. The van der Waals surface area contributed by atoms with E-state index in [4.69, 9.17) is 0 Å². The molecule has 0 spiro atoms. The Morgan fingerprint density at radius 1 is 1.18 bits per heavy atom. The van der Waals surface area contributed by atoms with Crippen molar-refractivity contribution < 1.29 is 0 Å². The number of aryl methyl sites for hydroxylation is 1. The van der Waals surface area contributed by atoms with Gasteiger partial charge in [-0.2, -0.15) is 0 Å². The second kappa shape index (κ2) is 6.08. The third kappa shape index (κ3) is 3.38. The monoisotopic (exact) mass is 311 g/mol. The Hall–Kier alpha value is -1.28. The van der Waals surface area contributed by atoms with Gasteiger partial charge in [0.15, 0.2) is 8.24 Å². The first-order valence-electron chi connectivity index (χ1n) is 8.66. The minimum atomic E-state index is -1.50. The average molecular weight is 312 g/mol. The molecule has 1 aromatic rings. The number of hydrogen-bond donors (Lipinski definition) is 1. The Labute approximate surface area is 136 Å². The third-order valence-electron chi connectivity index (χ3n) is 5.26. The zero-order valence-electron chi connectivity index (χ0n) is 14.4. The lowest BCUT2D eigenvalue weighted by Gasteiger charge is -2.31. The van der Waals surface area contributed by atoms with Crippen LogP contribution < -0.4 is 4.98 Å². The van der Waals surface area contributed by atoms with Crippen LogP contribution in [0.2, 0.25) is 19.1 Å². The van der Waals surface area contributed by atoms with Gasteiger partial charge in [0.1, 0.15) is 0 Å². The van der Waals surface area contributed by atoms with E-state index in [-0.39, 0.29) is 0 Å². The minimum absolute atomic E-state index is 0.804. The molecule has 0 aliphatic heterocycles. The van der Waals surface area contributed by atoms with Crippen LogP contribution in [0, 0.1) is 24.7 Å². The second-order valence-electron chi connectivity index (χ2n) is 7.97. The zero-order chi connectivity index (χ0) is 15.7. The maximum Gasteiger partial charge on any atom is 0.151 e. The molecule has 0 aromatic heterocycles. The van der Waals surface area contributed by atoms with Gasteiger partial charge in [-0.05, 0) is 55.2 Å². The summed E-state index contributed by atoms with van der Waals surface area (Å²) in [6, 6.07) is 9.94. The molecule has 0 saturated heterocycles. The number of hydrogen-bond acceptors (Lipinski definition) is 1. The molecular formula is C20H29NSi. The fourth-order valence-corrected chi connectivity index (χ4v) is 6.74. The highest BCUT2D eigenvalue weighted by Gasteiger charge is 2.36. The first-order valence-corrected chi connectivity index (χ1v) is 11.9. The summed E-state index contributed by atoms with van der Waals surface area (Å²) in [7, 11) is -1.50. The average Bonchev–Trinajstić information content (AvgIpc) is 2.82. The summed E-state index contributed by atoms with van der Waals surface area (Å²) in [6.45, 7) is 9.54. The molecule has 2 unspecified atom stereocenters. The molecule has 118 valence electrons. The van der Waals surface area contributed by atoms with Gasteiger partial charge in [0, 0.05) is 5.69 Å². The molecule has 2 aliphatic carbocycles. The van der Waals surface area contributed by atoms with Crippen LogP contribution in [-0.4, -0.2) is 8.24 Å². The first kappa shape index (κ1) is 15.6. The highest BCUT2D eigenvalue weighted by Crippen LogP contribution is 2.45. The van der Waals surface area contributed by atoms with E-state index in [9.17, 15) is 0 Å². The van der Waals surface area contributed by atoms with Crippen molar-refractivity contribution in [1.29, 1.82) is 0 Å². The fourth-order valence-electron chi connectivity index (χ4n) is 4.24. The number of benzene rings is 1. The summed E-state index contributed by atoms with van der Waals surface area (Å²) in [5.41, 5.74) is 4.38. The molecule has 22 heavy (non-hydrogen) atoms. The van der Waals surface area contributed by atoms with Gasteiger partial charge in [0.25, 0.3) is 0 Å². The van der Waals surface area contributed by atoms with Crippen molar-refractivity contribution in [2.45, 2.75) is 45.8 Å². The summed E-state index contributed by atoms with van der Waals surface area (Å²) in [6.07, 6.45) is 9.93. The van der Waals surface area contributed by atoms with Crippen molar-refractivity contribution in [2.24, 2.45) is 17.8 Å².